The smallest absolute Gasteiger partial charge is 0.253 e. The highest BCUT2D eigenvalue weighted by Gasteiger charge is 2.22. The Labute approximate surface area is 144 Å². The van der Waals surface area contributed by atoms with Gasteiger partial charge in [0.05, 0.1) is 5.56 Å². The SMILES string of the molecule is Cc1cc(C(=O)NC2CCC(N)CC2)c(C)n1Cc1ccccc1. The summed E-state index contributed by atoms with van der Waals surface area (Å²) in [6.07, 6.45) is 3.96. The van der Waals surface area contributed by atoms with E-state index in [2.05, 4.69) is 28.9 Å². The molecule has 2 aromatic rings. The second-order valence-corrected chi connectivity index (χ2v) is 6.94. The Balaban J connectivity index is 1.72. The minimum atomic E-state index is 0.0443. The summed E-state index contributed by atoms with van der Waals surface area (Å²) >= 11 is 0. The molecule has 1 heterocycles. The van der Waals surface area contributed by atoms with Crippen molar-refractivity contribution in [2.24, 2.45) is 5.73 Å². The molecule has 1 aromatic heterocycles. The Bertz CT molecular complexity index is 697. The lowest BCUT2D eigenvalue weighted by atomic mass is 9.91. The molecule has 3 N–H and O–H groups in total. The third-order valence-corrected chi connectivity index (χ3v) is 5.11. The lowest BCUT2D eigenvalue weighted by Gasteiger charge is -2.26. The van der Waals surface area contributed by atoms with E-state index in [1.165, 1.54) is 5.56 Å². The Morgan fingerprint density at radius 1 is 1.17 bits per heavy atom. The van der Waals surface area contributed by atoms with Crippen molar-refractivity contribution in [2.45, 2.75) is 58.2 Å². The number of aromatic nitrogens is 1. The molecule has 1 aliphatic carbocycles. The molecule has 128 valence electrons. The van der Waals surface area contributed by atoms with Gasteiger partial charge >= 0.3 is 0 Å². The van der Waals surface area contributed by atoms with Crippen LogP contribution in [0.15, 0.2) is 36.4 Å². The van der Waals surface area contributed by atoms with Crippen LogP contribution in [0.2, 0.25) is 0 Å². The van der Waals surface area contributed by atoms with Crippen LogP contribution in [0.25, 0.3) is 0 Å². The number of carbonyl (C=O) groups excluding carboxylic acids is 1. The highest BCUT2D eigenvalue weighted by molar-refractivity contribution is 5.95. The van der Waals surface area contributed by atoms with Crippen LogP contribution in [0.4, 0.5) is 0 Å². The topological polar surface area (TPSA) is 60.1 Å². The quantitative estimate of drug-likeness (QED) is 0.907. The molecule has 1 saturated carbocycles. The van der Waals surface area contributed by atoms with Gasteiger partial charge in [0.15, 0.2) is 0 Å². The highest BCUT2D eigenvalue weighted by atomic mass is 16.1. The normalized spacial score (nSPS) is 20.8. The fraction of sp³-hybridized carbons (Fsp3) is 0.450. The Kier molecular flexibility index (Phi) is 5.05. The van der Waals surface area contributed by atoms with Crippen molar-refractivity contribution in [1.82, 2.24) is 9.88 Å². The molecular weight excluding hydrogens is 298 g/mol. The van der Waals surface area contributed by atoms with Crippen LogP contribution in [0.3, 0.4) is 0 Å². The number of hydrogen-bond acceptors (Lipinski definition) is 2. The maximum absolute atomic E-state index is 12.7. The first-order chi connectivity index (χ1) is 11.5. The van der Waals surface area contributed by atoms with Gasteiger partial charge in [0.25, 0.3) is 5.91 Å². The van der Waals surface area contributed by atoms with E-state index in [0.717, 1.165) is 49.2 Å². The van der Waals surface area contributed by atoms with Gasteiger partial charge in [-0.05, 0) is 51.2 Å². The molecule has 3 rings (SSSR count). The minimum Gasteiger partial charge on any atom is -0.349 e. The van der Waals surface area contributed by atoms with Crippen LogP contribution >= 0.6 is 0 Å². The number of aryl methyl sites for hydroxylation is 1. The van der Waals surface area contributed by atoms with Gasteiger partial charge in [-0.1, -0.05) is 30.3 Å². The van der Waals surface area contributed by atoms with Crippen LogP contribution < -0.4 is 11.1 Å². The van der Waals surface area contributed by atoms with E-state index in [4.69, 9.17) is 5.73 Å². The van der Waals surface area contributed by atoms with Gasteiger partial charge in [-0.15, -0.1) is 0 Å². The van der Waals surface area contributed by atoms with Crippen molar-refractivity contribution >= 4 is 5.91 Å². The van der Waals surface area contributed by atoms with Gasteiger partial charge in [0.1, 0.15) is 0 Å². The van der Waals surface area contributed by atoms with E-state index < -0.39 is 0 Å². The summed E-state index contributed by atoms with van der Waals surface area (Å²) in [6, 6.07) is 12.9. The van der Waals surface area contributed by atoms with E-state index in [1.807, 2.05) is 31.2 Å². The summed E-state index contributed by atoms with van der Waals surface area (Å²) in [4.78, 5) is 12.7. The molecule has 0 aliphatic heterocycles. The van der Waals surface area contributed by atoms with Crippen molar-refractivity contribution in [3.05, 3.63) is 58.9 Å². The van der Waals surface area contributed by atoms with Crippen molar-refractivity contribution in [3.63, 3.8) is 0 Å². The van der Waals surface area contributed by atoms with E-state index >= 15 is 0 Å². The number of amides is 1. The van der Waals surface area contributed by atoms with E-state index in [0.29, 0.717) is 6.04 Å². The van der Waals surface area contributed by atoms with E-state index in [1.54, 1.807) is 0 Å². The number of nitrogens with one attached hydrogen (secondary N) is 1. The molecule has 0 saturated heterocycles. The highest BCUT2D eigenvalue weighted by Crippen LogP contribution is 2.20. The molecule has 24 heavy (non-hydrogen) atoms. The fourth-order valence-electron chi connectivity index (χ4n) is 3.57. The van der Waals surface area contributed by atoms with Crippen molar-refractivity contribution in [1.29, 1.82) is 0 Å². The second kappa shape index (κ2) is 7.22. The monoisotopic (exact) mass is 325 g/mol. The largest absolute Gasteiger partial charge is 0.349 e. The number of rotatable bonds is 4. The molecule has 0 spiro atoms. The summed E-state index contributed by atoms with van der Waals surface area (Å²) in [6.45, 7) is 4.89. The third-order valence-electron chi connectivity index (χ3n) is 5.11. The van der Waals surface area contributed by atoms with Crippen LogP contribution in [0, 0.1) is 13.8 Å². The van der Waals surface area contributed by atoms with Crippen LogP contribution in [-0.4, -0.2) is 22.6 Å². The third kappa shape index (κ3) is 3.70. The summed E-state index contributed by atoms with van der Waals surface area (Å²) < 4.78 is 2.21. The minimum absolute atomic E-state index is 0.0443. The van der Waals surface area contributed by atoms with Gasteiger partial charge in [0, 0.05) is 30.0 Å². The number of nitrogens with two attached hydrogens (primary N) is 1. The van der Waals surface area contributed by atoms with Crippen molar-refractivity contribution in [3.8, 4) is 0 Å². The van der Waals surface area contributed by atoms with Crippen molar-refractivity contribution < 1.29 is 4.79 Å². The standard InChI is InChI=1S/C20H27N3O/c1-14-12-19(20(24)22-18-10-8-17(21)9-11-18)15(2)23(14)13-16-6-4-3-5-7-16/h3-7,12,17-18H,8-11,13,21H2,1-2H3,(H,22,24). The number of benzene rings is 1. The van der Waals surface area contributed by atoms with Gasteiger partial charge in [-0.3, -0.25) is 4.79 Å². The lowest BCUT2D eigenvalue weighted by Crippen LogP contribution is -2.40. The van der Waals surface area contributed by atoms with Gasteiger partial charge < -0.3 is 15.6 Å². The lowest BCUT2D eigenvalue weighted by molar-refractivity contribution is 0.0925. The molecule has 4 heteroatoms. The predicted molar refractivity (Wildman–Crippen MR) is 97.1 cm³/mol. The van der Waals surface area contributed by atoms with Crippen LogP contribution in [0.1, 0.15) is 53.0 Å². The van der Waals surface area contributed by atoms with Gasteiger partial charge in [0.2, 0.25) is 0 Å². The first-order valence-corrected chi connectivity index (χ1v) is 8.81. The Hall–Kier alpha value is -2.07. The molecule has 0 unspecified atom stereocenters. The van der Waals surface area contributed by atoms with Crippen molar-refractivity contribution in [2.75, 3.05) is 0 Å². The van der Waals surface area contributed by atoms with Crippen LogP contribution in [0.5, 0.6) is 0 Å². The number of hydrogen-bond donors (Lipinski definition) is 2. The summed E-state index contributed by atoms with van der Waals surface area (Å²) in [5, 5.41) is 3.19. The molecule has 1 aromatic carbocycles. The molecule has 0 bridgehead atoms. The number of nitrogens with zero attached hydrogens (tertiary/aromatic N) is 1. The summed E-state index contributed by atoms with van der Waals surface area (Å²) in [5.74, 6) is 0.0443. The van der Waals surface area contributed by atoms with E-state index in [9.17, 15) is 4.79 Å². The Morgan fingerprint density at radius 3 is 2.50 bits per heavy atom. The van der Waals surface area contributed by atoms with Gasteiger partial charge in [-0.2, -0.15) is 0 Å². The zero-order valence-corrected chi connectivity index (χ0v) is 14.6. The Morgan fingerprint density at radius 2 is 1.83 bits per heavy atom. The molecular formula is C20H27N3O. The second-order valence-electron chi connectivity index (χ2n) is 6.94. The zero-order chi connectivity index (χ0) is 17.1. The first kappa shape index (κ1) is 16.8. The average molecular weight is 325 g/mol. The van der Waals surface area contributed by atoms with Crippen LogP contribution in [-0.2, 0) is 6.54 Å². The molecule has 1 fully saturated rings. The van der Waals surface area contributed by atoms with E-state index in [-0.39, 0.29) is 11.9 Å². The molecule has 1 amide bonds. The maximum Gasteiger partial charge on any atom is 0.253 e. The number of carbonyl (C=O) groups is 1. The predicted octanol–water partition coefficient (Wildman–Crippen LogP) is 3.15. The molecule has 1 aliphatic rings. The molecule has 0 atom stereocenters. The summed E-state index contributed by atoms with van der Waals surface area (Å²) in [5.41, 5.74) is 10.1. The average Bonchev–Trinajstić information content (AvgIpc) is 2.86. The zero-order valence-electron chi connectivity index (χ0n) is 14.6. The van der Waals surface area contributed by atoms with Gasteiger partial charge in [-0.25, -0.2) is 0 Å². The molecule has 4 nitrogen and oxygen atoms in total. The molecule has 0 radical (unpaired) electrons. The maximum atomic E-state index is 12.7. The first-order valence-electron chi connectivity index (χ1n) is 8.81. The summed E-state index contributed by atoms with van der Waals surface area (Å²) in [7, 11) is 0. The fourth-order valence-corrected chi connectivity index (χ4v) is 3.57.